The molecule has 6 heteroatoms. The number of likely N-dealkylation sites (tertiary alicyclic amines) is 1. The number of piperidine rings is 1. The van der Waals surface area contributed by atoms with Crippen LogP contribution < -0.4 is 5.32 Å². The van der Waals surface area contributed by atoms with Crippen molar-refractivity contribution in [1.82, 2.24) is 10.2 Å². The second kappa shape index (κ2) is 9.22. The molecule has 2 rings (SSSR count). The normalized spacial score (nSPS) is 21.4. The number of nitrogens with zero attached hydrogens (tertiary/aromatic N) is 1. The van der Waals surface area contributed by atoms with Crippen molar-refractivity contribution in [2.75, 3.05) is 19.7 Å². The van der Waals surface area contributed by atoms with Gasteiger partial charge in [-0.25, -0.2) is 4.79 Å². The molecule has 1 aromatic rings. The number of carbonyl (C=O) groups excluding carboxylic acids is 2. The van der Waals surface area contributed by atoms with Crippen molar-refractivity contribution in [2.45, 2.75) is 58.7 Å². The minimum Gasteiger partial charge on any atom is -0.466 e. The van der Waals surface area contributed by atoms with Crippen LogP contribution in [-0.4, -0.2) is 48.3 Å². The molecular weight excluding hydrogens is 344 g/mol. The molecule has 3 atom stereocenters. The third kappa shape index (κ3) is 6.24. The molecule has 0 unspecified atom stereocenters. The van der Waals surface area contributed by atoms with E-state index in [4.69, 9.17) is 9.47 Å². The first-order chi connectivity index (χ1) is 12.7. The molecule has 1 fully saturated rings. The lowest BCUT2D eigenvalue weighted by atomic mass is 9.90. The van der Waals surface area contributed by atoms with Crippen LogP contribution in [0.3, 0.4) is 0 Å². The predicted octanol–water partition coefficient (Wildman–Crippen LogP) is 3.53. The molecule has 0 saturated carbocycles. The average Bonchev–Trinajstić information content (AvgIpc) is 2.61. The summed E-state index contributed by atoms with van der Waals surface area (Å²) in [6.45, 7) is 10.7. The van der Waals surface area contributed by atoms with Crippen molar-refractivity contribution in [3.05, 3.63) is 35.9 Å². The number of esters is 1. The van der Waals surface area contributed by atoms with Crippen molar-refractivity contribution >= 4 is 12.1 Å². The van der Waals surface area contributed by atoms with Crippen LogP contribution in [0, 0.1) is 5.92 Å². The van der Waals surface area contributed by atoms with Crippen LogP contribution in [0.15, 0.2) is 30.3 Å². The van der Waals surface area contributed by atoms with Gasteiger partial charge in [-0.1, -0.05) is 30.3 Å². The molecule has 1 saturated heterocycles. The Balaban J connectivity index is 2.12. The average molecular weight is 376 g/mol. The molecule has 1 heterocycles. The zero-order chi connectivity index (χ0) is 20.0. The van der Waals surface area contributed by atoms with Crippen LogP contribution in [0.25, 0.3) is 0 Å². The maximum Gasteiger partial charge on any atom is 0.410 e. The molecule has 0 aliphatic carbocycles. The highest BCUT2D eigenvalue weighted by molar-refractivity contribution is 5.74. The fraction of sp³-hybridized carbons (Fsp3) is 0.619. The van der Waals surface area contributed by atoms with Gasteiger partial charge < -0.3 is 19.7 Å². The summed E-state index contributed by atoms with van der Waals surface area (Å²) in [5, 5.41) is 3.52. The number of carbonyl (C=O) groups is 2. The summed E-state index contributed by atoms with van der Waals surface area (Å²) in [4.78, 5) is 26.6. The van der Waals surface area contributed by atoms with Gasteiger partial charge in [-0.2, -0.15) is 0 Å². The molecule has 1 N–H and O–H groups in total. The van der Waals surface area contributed by atoms with Gasteiger partial charge >= 0.3 is 12.1 Å². The molecular formula is C21H32N2O4. The largest absolute Gasteiger partial charge is 0.466 e. The number of hydrogen-bond donors (Lipinski definition) is 1. The zero-order valence-corrected chi connectivity index (χ0v) is 17.0. The van der Waals surface area contributed by atoms with Crippen LogP contribution >= 0.6 is 0 Å². The van der Waals surface area contributed by atoms with Crippen molar-refractivity contribution in [1.29, 1.82) is 0 Å². The Morgan fingerprint density at radius 2 is 1.93 bits per heavy atom. The van der Waals surface area contributed by atoms with E-state index in [1.165, 1.54) is 0 Å². The minimum atomic E-state index is -0.546. The highest BCUT2D eigenvalue weighted by Crippen LogP contribution is 2.24. The van der Waals surface area contributed by atoms with Crippen LogP contribution in [0.2, 0.25) is 0 Å². The smallest absolute Gasteiger partial charge is 0.410 e. The Morgan fingerprint density at radius 1 is 1.26 bits per heavy atom. The number of rotatable bonds is 5. The van der Waals surface area contributed by atoms with E-state index >= 15 is 0 Å². The Labute approximate surface area is 162 Å². The summed E-state index contributed by atoms with van der Waals surface area (Å²) < 4.78 is 10.8. The van der Waals surface area contributed by atoms with Gasteiger partial charge in [0.15, 0.2) is 0 Å². The van der Waals surface area contributed by atoms with Crippen LogP contribution in [-0.2, 0) is 14.3 Å². The molecule has 0 bridgehead atoms. The third-order valence-electron chi connectivity index (χ3n) is 4.62. The lowest BCUT2D eigenvalue weighted by Gasteiger charge is -2.39. The third-order valence-corrected chi connectivity index (χ3v) is 4.62. The predicted molar refractivity (Wildman–Crippen MR) is 104 cm³/mol. The fourth-order valence-electron chi connectivity index (χ4n) is 3.30. The molecule has 1 aliphatic heterocycles. The standard InChI is InChI=1S/C21H32N2O4/c1-6-26-19(24)17-12-13-23(20(25)27-21(3,4)5)14-18(17)22-15(2)16-10-8-7-9-11-16/h7-11,15,17-18,22H,6,12-14H2,1-5H3/t15-,17-,18-/m0/s1. The lowest BCUT2D eigenvalue weighted by Crippen LogP contribution is -2.56. The van der Waals surface area contributed by atoms with E-state index in [1.807, 2.05) is 58.0 Å². The number of amides is 1. The van der Waals surface area contributed by atoms with E-state index in [9.17, 15) is 9.59 Å². The van der Waals surface area contributed by atoms with Crippen molar-refractivity contribution < 1.29 is 19.1 Å². The minimum absolute atomic E-state index is 0.0479. The van der Waals surface area contributed by atoms with Crippen LogP contribution in [0.1, 0.15) is 52.6 Å². The summed E-state index contributed by atoms with van der Waals surface area (Å²) >= 11 is 0. The monoisotopic (exact) mass is 376 g/mol. The summed E-state index contributed by atoms with van der Waals surface area (Å²) in [6, 6.07) is 9.90. The van der Waals surface area contributed by atoms with Gasteiger partial charge in [-0.3, -0.25) is 4.79 Å². The number of nitrogens with one attached hydrogen (secondary N) is 1. The number of ether oxygens (including phenoxy) is 2. The van der Waals surface area contributed by atoms with Gasteiger partial charge in [-0.05, 0) is 46.6 Å². The Morgan fingerprint density at radius 3 is 2.52 bits per heavy atom. The van der Waals surface area contributed by atoms with Crippen molar-refractivity contribution in [2.24, 2.45) is 5.92 Å². The maximum atomic E-state index is 12.5. The van der Waals surface area contributed by atoms with Gasteiger partial charge in [0, 0.05) is 25.2 Å². The second-order valence-corrected chi connectivity index (χ2v) is 7.98. The Bertz CT molecular complexity index is 627. The zero-order valence-electron chi connectivity index (χ0n) is 17.0. The van der Waals surface area contributed by atoms with Crippen LogP contribution in [0.4, 0.5) is 4.79 Å². The van der Waals surface area contributed by atoms with Crippen molar-refractivity contribution in [3.8, 4) is 0 Å². The first-order valence-corrected chi connectivity index (χ1v) is 9.67. The van der Waals surface area contributed by atoms with E-state index in [0.29, 0.717) is 26.1 Å². The van der Waals surface area contributed by atoms with Gasteiger partial charge in [0.05, 0.1) is 12.5 Å². The van der Waals surface area contributed by atoms with Gasteiger partial charge in [0.1, 0.15) is 5.60 Å². The van der Waals surface area contributed by atoms with Crippen LogP contribution in [0.5, 0.6) is 0 Å². The molecule has 0 radical (unpaired) electrons. The molecule has 1 aliphatic rings. The first kappa shape index (κ1) is 21.2. The van der Waals surface area contributed by atoms with Gasteiger partial charge in [0.25, 0.3) is 0 Å². The van der Waals surface area contributed by atoms with E-state index in [-0.39, 0.29) is 30.1 Å². The lowest BCUT2D eigenvalue weighted by molar-refractivity contribution is -0.151. The molecule has 1 amide bonds. The maximum absolute atomic E-state index is 12.5. The second-order valence-electron chi connectivity index (χ2n) is 7.98. The topological polar surface area (TPSA) is 67.9 Å². The Hall–Kier alpha value is -2.08. The van der Waals surface area contributed by atoms with E-state index in [0.717, 1.165) is 5.56 Å². The van der Waals surface area contributed by atoms with E-state index in [2.05, 4.69) is 12.2 Å². The molecule has 150 valence electrons. The van der Waals surface area contributed by atoms with Crippen molar-refractivity contribution in [3.63, 3.8) is 0 Å². The fourth-order valence-corrected chi connectivity index (χ4v) is 3.30. The Kier molecular flexibility index (Phi) is 7.25. The summed E-state index contributed by atoms with van der Waals surface area (Å²) in [7, 11) is 0. The van der Waals surface area contributed by atoms with Gasteiger partial charge in [0.2, 0.25) is 0 Å². The van der Waals surface area contributed by atoms with E-state index < -0.39 is 5.60 Å². The first-order valence-electron chi connectivity index (χ1n) is 9.67. The molecule has 0 aromatic heterocycles. The SMILES string of the molecule is CCOC(=O)[C@H]1CCN(C(=O)OC(C)(C)C)C[C@@H]1N[C@@H](C)c1ccccc1. The molecule has 27 heavy (non-hydrogen) atoms. The number of hydrogen-bond acceptors (Lipinski definition) is 5. The molecule has 1 aromatic carbocycles. The summed E-state index contributed by atoms with van der Waals surface area (Å²) in [5.74, 6) is -0.492. The van der Waals surface area contributed by atoms with Gasteiger partial charge in [-0.15, -0.1) is 0 Å². The highest BCUT2D eigenvalue weighted by atomic mass is 16.6. The number of benzene rings is 1. The van der Waals surface area contributed by atoms with E-state index in [1.54, 1.807) is 4.90 Å². The summed E-state index contributed by atoms with van der Waals surface area (Å²) in [6.07, 6.45) is 0.209. The highest BCUT2D eigenvalue weighted by Gasteiger charge is 2.38. The quantitative estimate of drug-likeness (QED) is 0.797. The molecule has 6 nitrogen and oxygen atoms in total. The molecule has 0 spiro atoms. The summed E-state index contributed by atoms with van der Waals surface area (Å²) in [5.41, 5.74) is 0.587.